The molecular weight excluding hydrogens is 282 g/mol. The Labute approximate surface area is 120 Å². The van der Waals surface area contributed by atoms with Crippen molar-refractivity contribution in [1.29, 1.82) is 0 Å². The molecule has 0 aromatic carbocycles. The Morgan fingerprint density at radius 1 is 1.58 bits per heavy atom. The Morgan fingerprint density at radius 3 is 2.95 bits per heavy atom. The Hall–Kier alpha value is -1.27. The quantitative estimate of drug-likeness (QED) is 0.760. The molecule has 4 nitrogen and oxygen atoms in total. The maximum Gasteiger partial charge on any atom is 0.328 e. The molecule has 1 aromatic rings. The van der Waals surface area contributed by atoms with Crippen LogP contribution in [0, 0.1) is 0 Å². The number of carbonyl (C=O) groups excluding carboxylic acids is 1. The minimum atomic E-state index is -0.995. The summed E-state index contributed by atoms with van der Waals surface area (Å²) in [6.45, 7) is 1.98. The lowest BCUT2D eigenvalue weighted by molar-refractivity contribution is -0.131. The predicted octanol–water partition coefficient (Wildman–Crippen LogP) is 2.72. The third kappa shape index (κ3) is 5.94. The highest BCUT2D eigenvalue weighted by Gasteiger charge is 2.11. The Balaban J connectivity index is 2.56. The number of carboxylic acid groups (broad SMARTS) is 1. The SMILES string of the molecule is CSCCC(C)NC(=O)c1csc(/C=C/C(=O)O)c1. The van der Waals surface area contributed by atoms with Crippen LogP contribution >= 0.6 is 23.1 Å². The number of aliphatic carboxylic acids is 1. The molecule has 1 amide bonds. The first-order chi connectivity index (χ1) is 9.02. The first kappa shape index (κ1) is 15.8. The van der Waals surface area contributed by atoms with Gasteiger partial charge < -0.3 is 10.4 Å². The van der Waals surface area contributed by atoms with Gasteiger partial charge >= 0.3 is 5.97 Å². The molecule has 1 atom stereocenters. The van der Waals surface area contributed by atoms with Crippen molar-refractivity contribution < 1.29 is 14.7 Å². The van der Waals surface area contributed by atoms with Crippen LogP contribution in [-0.2, 0) is 4.79 Å². The largest absolute Gasteiger partial charge is 0.478 e. The van der Waals surface area contributed by atoms with Gasteiger partial charge in [0.05, 0.1) is 5.56 Å². The van der Waals surface area contributed by atoms with Gasteiger partial charge in [0, 0.05) is 22.4 Å². The molecule has 0 saturated carbocycles. The lowest BCUT2D eigenvalue weighted by Crippen LogP contribution is -2.32. The molecule has 2 N–H and O–H groups in total. The van der Waals surface area contributed by atoms with Crippen LogP contribution in [0.3, 0.4) is 0 Å². The van der Waals surface area contributed by atoms with Crippen molar-refractivity contribution in [2.75, 3.05) is 12.0 Å². The van der Waals surface area contributed by atoms with Crippen molar-refractivity contribution in [3.63, 3.8) is 0 Å². The average Bonchev–Trinajstić information content (AvgIpc) is 2.82. The smallest absolute Gasteiger partial charge is 0.328 e. The van der Waals surface area contributed by atoms with Crippen LogP contribution in [0.15, 0.2) is 17.5 Å². The molecule has 19 heavy (non-hydrogen) atoms. The van der Waals surface area contributed by atoms with Gasteiger partial charge in [0.25, 0.3) is 5.91 Å². The summed E-state index contributed by atoms with van der Waals surface area (Å²) in [7, 11) is 0. The Kier molecular flexibility index (Phi) is 6.66. The van der Waals surface area contributed by atoms with Crippen LogP contribution < -0.4 is 5.32 Å². The molecule has 0 fully saturated rings. The van der Waals surface area contributed by atoms with E-state index in [4.69, 9.17) is 5.11 Å². The molecule has 0 spiro atoms. The van der Waals surface area contributed by atoms with Gasteiger partial charge in [0.2, 0.25) is 0 Å². The minimum Gasteiger partial charge on any atom is -0.478 e. The van der Waals surface area contributed by atoms with E-state index < -0.39 is 5.97 Å². The summed E-state index contributed by atoms with van der Waals surface area (Å²) < 4.78 is 0. The van der Waals surface area contributed by atoms with Gasteiger partial charge in [0.15, 0.2) is 0 Å². The first-order valence-corrected chi connectivity index (χ1v) is 8.09. The zero-order chi connectivity index (χ0) is 14.3. The summed E-state index contributed by atoms with van der Waals surface area (Å²) >= 11 is 3.10. The highest BCUT2D eigenvalue weighted by atomic mass is 32.2. The van der Waals surface area contributed by atoms with E-state index in [-0.39, 0.29) is 11.9 Å². The molecule has 0 bridgehead atoms. The third-order valence-corrected chi connectivity index (χ3v) is 3.95. The third-order valence-electron chi connectivity index (χ3n) is 2.40. The average molecular weight is 299 g/mol. The first-order valence-electron chi connectivity index (χ1n) is 5.82. The van der Waals surface area contributed by atoms with Crippen LogP contribution in [0.5, 0.6) is 0 Å². The van der Waals surface area contributed by atoms with Gasteiger partial charge in [-0.2, -0.15) is 11.8 Å². The molecule has 0 saturated heterocycles. The highest BCUT2D eigenvalue weighted by Crippen LogP contribution is 2.16. The summed E-state index contributed by atoms with van der Waals surface area (Å²) in [4.78, 5) is 23.1. The van der Waals surface area contributed by atoms with E-state index in [2.05, 4.69) is 5.32 Å². The summed E-state index contributed by atoms with van der Waals surface area (Å²) in [5.74, 6) is -0.0950. The number of amides is 1. The van der Waals surface area contributed by atoms with Crippen LogP contribution in [0.1, 0.15) is 28.6 Å². The molecule has 0 aliphatic rings. The summed E-state index contributed by atoms with van der Waals surface area (Å²) in [6.07, 6.45) is 5.52. The molecule has 6 heteroatoms. The molecule has 104 valence electrons. The number of carbonyl (C=O) groups is 2. The number of hydrogen-bond donors (Lipinski definition) is 2. The second-order valence-electron chi connectivity index (χ2n) is 4.07. The van der Waals surface area contributed by atoms with E-state index in [0.717, 1.165) is 23.1 Å². The van der Waals surface area contributed by atoms with Crippen LogP contribution in [-0.4, -0.2) is 35.0 Å². The summed E-state index contributed by atoms with van der Waals surface area (Å²) in [5.41, 5.74) is 0.575. The monoisotopic (exact) mass is 299 g/mol. The second-order valence-corrected chi connectivity index (χ2v) is 5.99. The van der Waals surface area contributed by atoms with Crippen molar-refractivity contribution in [3.8, 4) is 0 Å². The zero-order valence-corrected chi connectivity index (χ0v) is 12.5. The molecule has 0 aliphatic carbocycles. The second kappa shape index (κ2) is 8.01. The number of rotatable bonds is 7. The number of nitrogens with one attached hydrogen (secondary N) is 1. The molecule has 1 unspecified atom stereocenters. The molecular formula is C13H17NO3S2. The van der Waals surface area contributed by atoms with E-state index in [0.29, 0.717) is 5.56 Å². The van der Waals surface area contributed by atoms with E-state index in [9.17, 15) is 9.59 Å². The fourth-order valence-electron chi connectivity index (χ4n) is 1.39. The predicted molar refractivity (Wildman–Crippen MR) is 80.9 cm³/mol. The van der Waals surface area contributed by atoms with E-state index in [1.807, 2.05) is 13.2 Å². The van der Waals surface area contributed by atoms with E-state index in [1.54, 1.807) is 23.2 Å². The Bertz CT molecular complexity index is 468. The number of thiophene rings is 1. The van der Waals surface area contributed by atoms with Crippen LogP contribution in [0.2, 0.25) is 0 Å². The summed E-state index contributed by atoms with van der Waals surface area (Å²) in [6, 6.07) is 1.83. The van der Waals surface area contributed by atoms with Crippen molar-refractivity contribution in [3.05, 3.63) is 28.0 Å². The molecule has 1 rings (SSSR count). The van der Waals surface area contributed by atoms with Gasteiger partial charge in [-0.3, -0.25) is 4.79 Å². The molecule has 0 aliphatic heterocycles. The number of carboxylic acids is 1. The van der Waals surface area contributed by atoms with Crippen LogP contribution in [0.25, 0.3) is 6.08 Å². The Morgan fingerprint density at radius 2 is 2.32 bits per heavy atom. The lowest BCUT2D eigenvalue weighted by Gasteiger charge is -2.12. The normalized spacial score (nSPS) is 12.5. The maximum absolute atomic E-state index is 11.9. The van der Waals surface area contributed by atoms with Crippen LogP contribution in [0.4, 0.5) is 0 Å². The van der Waals surface area contributed by atoms with E-state index >= 15 is 0 Å². The fraction of sp³-hybridized carbons (Fsp3) is 0.385. The summed E-state index contributed by atoms with van der Waals surface area (Å²) in [5, 5.41) is 13.2. The highest BCUT2D eigenvalue weighted by molar-refractivity contribution is 7.98. The van der Waals surface area contributed by atoms with Crippen molar-refractivity contribution in [2.24, 2.45) is 0 Å². The number of thioether (sulfide) groups is 1. The lowest BCUT2D eigenvalue weighted by atomic mass is 10.2. The van der Waals surface area contributed by atoms with E-state index in [1.165, 1.54) is 17.4 Å². The van der Waals surface area contributed by atoms with Crippen molar-refractivity contribution >= 4 is 41.1 Å². The van der Waals surface area contributed by atoms with Gasteiger partial charge in [0.1, 0.15) is 0 Å². The van der Waals surface area contributed by atoms with Gasteiger partial charge in [-0.1, -0.05) is 0 Å². The fourth-order valence-corrected chi connectivity index (χ4v) is 2.76. The zero-order valence-electron chi connectivity index (χ0n) is 10.9. The maximum atomic E-state index is 11.9. The molecule has 1 heterocycles. The minimum absolute atomic E-state index is 0.111. The molecule has 1 aromatic heterocycles. The number of hydrogen-bond acceptors (Lipinski definition) is 4. The van der Waals surface area contributed by atoms with Gasteiger partial charge in [-0.05, 0) is 37.5 Å². The van der Waals surface area contributed by atoms with Gasteiger partial charge in [-0.15, -0.1) is 11.3 Å². The molecule has 0 radical (unpaired) electrons. The van der Waals surface area contributed by atoms with Gasteiger partial charge in [-0.25, -0.2) is 4.79 Å². The standard InChI is InChI=1S/C13H17NO3S2/c1-9(5-6-18-2)14-13(17)10-7-11(19-8-10)3-4-12(15)16/h3-4,7-9H,5-6H2,1-2H3,(H,14,17)(H,15,16)/b4-3+. The van der Waals surface area contributed by atoms with Crippen molar-refractivity contribution in [2.45, 2.75) is 19.4 Å². The van der Waals surface area contributed by atoms with Crippen molar-refractivity contribution in [1.82, 2.24) is 5.32 Å². The topological polar surface area (TPSA) is 66.4 Å².